The van der Waals surface area contributed by atoms with Crippen LogP contribution in [0.5, 0.6) is 5.75 Å². The molecule has 0 radical (unpaired) electrons. The van der Waals surface area contributed by atoms with E-state index in [0.717, 1.165) is 11.1 Å². The Labute approximate surface area is 190 Å². The Morgan fingerprint density at radius 1 is 1.03 bits per heavy atom. The first kappa shape index (κ1) is 21.3. The van der Waals surface area contributed by atoms with E-state index in [4.69, 9.17) is 21.1 Å². The maximum absolute atomic E-state index is 12.3. The zero-order valence-corrected chi connectivity index (χ0v) is 17.9. The molecular formula is C26H18ClNO4. The Morgan fingerprint density at radius 3 is 2.59 bits per heavy atom. The molecule has 158 valence electrons. The van der Waals surface area contributed by atoms with Gasteiger partial charge in [-0.2, -0.15) is 0 Å². The summed E-state index contributed by atoms with van der Waals surface area (Å²) in [6.45, 7) is 1.95. The maximum Gasteiger partial charge on any atom is 0.363 e. The number of esters is 2. The molecule has 3 aromatic rings. The first-order valence-electron chi connectivity index (χ1n) is 9.82. The number of carbonyl (C=O) groups is 2. The van der Waals surface area contributed by atoms with Crippen LogP contribution in [0.3, 0.4) is 0 Å². The molecule has 3 aromatic carbocycles. The zero-order valence-electron chi connectivity index (χ0n) is 17.1. The highest BCUT2D eigenvalue weighted by atomic mass is 35.5. The molecule has 0 spiro atoms. The lowest BCUT2D eigenvalue weighted by molar-refractivity contribution is -0.130. The third kappa shape index (κ3) is 5.20. The van der Waals surface area contributed by atoms with Gasteiger partial charge in [-0.25, -0.2) is 14.6 Å². The van der Waals surface area contributed by atoms with E-state index in [0.29, 0.717) is 21.9 Å². The molecule has 6 heteroatoms. The molecule has 0 aliphatic carbocycles. The molecule has 0 bridgehead atoms. The number of halogens is 1. The molecule has 32 heavy (non-hydrogen) atoms. The molecule has 1 aliphatic heterocycles. The molecular weight excluding hydrogens is 426 g/mol. The van der Waals surface area contributed by atoms with E-state index < -0.39 is 11.9 Å². The predicted octanol–water partition coefficient (Wildman–Crippen LogP) is 5.61. The number of aryl methyl sites for hydroxylation is 1. The van der Waals surface area contributed by atoms with Gasteiger partial charge in [-0.1, -0.05) is 59.6 Å². The van der Waals surface area contributed by atoms with Crippen molar-refractivity contribution < 1.29 is 19.1 Å². The van der Waals surface area contributed by atoms with E-state index >= 15 is 0 Å². The van der Waals surface area contributed by atoms with Crippen molar-refractivity contribution in [2.24, 2.45) is 4.99 Å². The minimum Gasteiger partial charge on any atom is -0.423 e. The monoisotopic (exact) mass is 443 g/mol. The van der Waals surface area contributed by atoms with Crippen molar-refractivity contribution in [3.05, 3.63) is 112 Å². The predicted molar refractivity (Wildman–Crippen MR) is 124 cm³/mol. The quantitative estimate of drug-likeness (QED) is 0.292. The molecule has 0 aromatic heterocycles. The van der Waals surface area contributed by atoms with Crippen LogP contribution in [0.4, 0.5) is 0 Å². The molecule has 0 amide bonds. The molecule has 0 unspecified atom stereocenters. The summed E-state index contributed by atoms with van der Waals surface area (Å²) >= 11 is 5.87. The van der Waals surface area contributed by atoms with E-state index in [9.17, 15) is 9.59 Å². The normalized spacial score (nSPS) is 14.5. The number of carbonyl (C=O) groups excluding carboxylic acids is 2. The fourth-order valence-corrected chi connectivity index (χ4v) is 3.16. The lowest BCUT2D eigenvalue weighted by Gasteiger charge is -2.05. The van der Waals surface area contributed by atoms with Gasteiger partial charge in [-0.15, -0.1) is 0 Å². The SMILES string of the molecule is Cc1cccc(C2=N/C(=C\c3ccccc3OC(=O)/C=C/c3ccc(Cl)cc3)C(=O)O2)c1. The van der Waals surface area contributed by atoms with Crippen molar-refractivity contribution in [3.8, 4) is 5.75 Å². The molecule has 0 fully saturated rings. The number of aliphatic imine (C=N–C) groups is 1. The largest absolute Gasteiger partial charge is 0.423 e. The van der Waals surface area contributed by atoms with Crippen LogP contribution in [0.25, 0.3) is 12.2 Å². The van der Waals surface area contributed by atoms with Crippen molar-refractivity contribution in [1.82, 2.24) is 0 Å². The highest BCUT2D eigenvalue weighted by molar-refractivity contribution is 6.30. The standard InChI is InChI=1S/C26H18ClNO4/c1-17-5-4-7-20(15-17)25-28-22(26(30)32-25)16-19-6-2-3-8-23(19)31-24(29)14-11-18-9-12-21(27)13-10-18/h2-16H,1H3/b14-11+,22-16-. The van der Waals surface area contributed by atoms with E-state index in [2.05, 4.69) is 4.99 Å². The van der Waals surface area contributed by atoms with Crippen molar-refractivity contribution in [3.63, 3.8) is 0 Å². The van der Waals surface area contributed by atoms with Crippen LogP contribution in [-0.2, 0) is 14.3 Å². The number of cyclic esters (lactones) is 1. The van der Waals surface area contributed by atoms with E-state index in [1.54, 1.807) is 54.6 Å². The van der Waals surface area contributed by atoms with Crippen LogP contribution in [0.2, 0.25) is 5.02 Å². The number of ether oxygens (including phenoxy) is 2. The summed E-state index contributed by atoms with van der Waals surface area (Å²) in [5, 5.41) is 0.616. The number of hydrogen-bond acceptors (Lipinski definition) is 5. The average molecular weight is 444 g/mol. The second-order valence-corrected chi connectivity index (χ2v) is 7.49. The van der Waals surface area contributed by atoms with Crippen molar-refractivity contribution in [2.45, 2.75) is 6.92 Å². The van der Waals surface area contributed by atoms with Gasteiger partial charge in [0, 0.05) is 22.2 Å². The maximum atomic E-state index is 12.3. The highest BCUT2D eigenvalue weighted by Gasteiger charge is 2.24. The summed E-state index contributed by atoms with van der Waals surface area (Å²) in [7, 11) is 0. The van der Waals surface area contributed by atoms with Gasteiger partial charge in [-0.05, 0) is 55.0 Å². The van der Waals surface area contributed by atoms with Crippen molar-refractivity contribution >= 4 is 41.6 Å². The fraction of sp³-hybridized carbons (Fsp3) is 0.0385. The number of benzene rings is 3. The summed E-state index contributed by atoms with van der Waals surface area (Å²) < 4.78 is 10.8. The van der Waals surface area contributed by atoms with Gasteiger partial charge in [0.15, 0.2) is 5.70 Å². The molecule has 1 aliphatic rings. The second kappa shape index (κ2) is 9.45. The Balaban J connectivity index is 1.54. The summed E-state index contributed by atoms with van der Waals surface area (Å²) in [5.41, 5.74) is 3.22. The van der Waals surface area contributed by atoms with Crippen LogP contribution < -0.4 is 4.74 Å². The van der Waals surface area contributed by atoms with Gasteiger partial charge in [-0.3, -0.25) is 0 Å². The minimum atomic E-state index is -0.565. The minimum absolute atomic E-state index is 0.127. The first-order chi connectivity index (χ1) is 15.5. The van der Waals surface area contributed by atoms with Crippen LogP contribution in [0, 0.1) is 6.92 Å². The number of nitrogens with zero attached hydrogens (tertiary/aromatic N) is 1. The Morgan fingerprint density at radius 2 is 1.81 bits per heavy atom. The van der Waals surface area contributed by atoms with Crippen molar-refractivity contribution in [2.75, 3.05) is 0 Å². The molecule has 0 saturated heterocycles. The summed E-state index contributed by atoms with van der Waals surface area (Å²) in [6, 6.07) is 21.5. The Bertz CT molecular complexity index is 1270. The zero-order chi connectivity index (χ0) is 22.5. The van der Waals surface area contributed by atoms with Gasteiger partial charge < -0.3 is 9.47 Å². The molecule has 5 nitrogen and oxygen atoms in total. The highest BCUT2D eigenvalue weighted by Crippen LogP contribution is 2.25. The molecule has 0 N–H and O–H groups in total. The molecule has 0 saturated carbocycles. The lowest BCUT2D eigenvalue weighted by atomic mass is 10.1. The number of para-hydroxylation sites is 1. The van der Waals surface area contributed by atoms with Gasteiger partial charge >= 0.3 is 11.9 Å². The summed E-state index contributed by atoms with van der Waals surface area (Å²) in [6.07, 6.45) is 4.49. The summed E-state index contributed by atoms with van der Waals surface area (Å²) in [5.74, 6) is -0.572. The number of rotatable bonds is 5. The Hall–Kier alpha value is -3.96. The third-order valence-corrected chi connectivity index (χ3v) is 4.84. The van der Waals surface area contributed by atoms with Crippen molar-refractivity contribution in [1.29, 1.82) is 0 Å². The first-order valence-corrected chi connectivity index (χ1v) is 10.2. The molecule has 1 heterocycles. The average Bonchev–Trinajstić information content (AvgIpc) is 3.15. The van der Waals surface area contributed by atoms with Crippen LogP contribution in [0.15, 0.2) is 89.6 Å². The van der Waals surface area contributed by atoms with Crippen LogP contribution in [-0.4, -0.2) is 17.8 Å². The van der Waals surface area contributed by atoms with Crippen LogP contribution >= 0.6 is 11.6 Å². The molecule has 0 atom stereocenters. The lowest BCUT2D eigenvalue weighted by Crippen LogP contribution is -2.06. The van der Waals surface area contributed by atoms with Gasteiger partial charge in [0.2, 0.25) is 5.90 Å². The van der Waals surface area contributed by atoms with E-state index in [1.807, 2.05) is 31.2 Å². The topological polar surface area (TPSA) is 65.0 Å². The third-order valence-electron chi connectivity index (χ3n) is 4.59. The molecule has 4 rings (SSSR count). The Kier molecular flexibility index (Phi) is 6.29. The smallest absolute Gasteiger partial charge is 0.363 e. The van der Waals surface area contributed by atoms with Gasteiger partial charge in [0.1, 0.15) is 5.75 Å². The fourth-order valence-electron chi connectivity index (χ4n) is 3.03. The second-order valence-electron chi connectivity index (χ2n) is 7.05. The van der Waals surface area contributed by atoms with Gasteiger partial charge in [0.05, 0.1) is 0 Å². The van der Waals surface area contributed by atoms with Gasteiger partial charge in [0.25, 0.3) is 0 Å². The van der Waals surface area contributed by atoms with E-state index in [1.165, 1.54) is 12.2 Å². The summed E-state index contributed by atoms with van der Waals surface area (Å²) in [4.78, 5) is 29.0. The van der Waals surface area contributed by atoms with Crippen LogP contribution in [0.1, 0.15) is 22.3 Å². The number of hydrogen-bond donors (Lipinski definition) is 0. The van der Waals surface area contributed by atoms with E-state index in [-0.39, 0.29) is 11.6 Å².